The van der Waals surface area contributed by atoms with Crippen LogP contribution in [0.5, 0.6) is 5.75 Å². The van der Waals surface area contributed by atoms with E-state index < -0.39 is 29.8 Å². The average Bonchev–Trinajstić information content (AvgIpc) is 3.00. The summed E-state index contributed by atoms with van der Waals surface area (Å²) in [6, 6.07) is 2.04. The van der Waals surface area contributed by atoms with Crippen LogP contribution in [0.1, 0.15) is 11.1 Å². The van der Waals surface area contributed by atoms with Crippen molar-refractivity contribution in [3.8, 4) is 17.0 Å². The van der Waals surface area contributed by atoms with Crippen LogP contribution < -0.4 is 10.5 Å². The van der Waals surface area contributed by atoms with Crippen LogP contribution in [0.25, 0.3) is 28.5 Å². The molecule has 1 aromatic carbocycles. The summed E-state index contributed by atoms with van der Waals surface area (Å²) in [6.07, 6.45) is -5.39. The lowest BCUT2D eigenvalue weighted by Crippen LogP contribution is -2.20. The molecule has 0 aliphatic heterocycles. The van der Waals surface area contributed by atoms with Gasteiger partial charge < -0.3 is 15.5 Å². The van der Waals surface area contributed by atoms with Crippen LogP contribution in [0.15, 0.2) is 36.7 Å². The van der Waals surface area contributed by atoms with Crippen molar-refractivity contribution in [2.24, 2.45) is 5.73 Å². The highest BCUT2D eigenvalue weighted by atomic mass is 19.4. The summed E-state index contributed by atoms with van der Waals surface area (Å²) in [7, 11) is 0. The van der Waals surface area contributed by atoms with Crippen molar-refractivity contribution in [1.29, 1.82) is 0 Å². The van der Waals surface area contributed by atoms with Gasteiger partial charge in [-0.05, 0) is 24.3 Å². The number of nitrogens with one attached hydrogen (secondary N) is 1. The molecular weight excluding hydrogens is 406 g/mol. The summed E-state index contributed by atoms with van der Waals surface area (Å²) in [4.78, 5) is 21.8. The number of rotatable bonds is 4. The summed E-state index contributed by atoms with van der Waals surface area (Å²) in [5, 5.41) is 0. The Morgan fingerprint density at radius 3 is 2.52 bits per heavy atom. The van der Waals surface area contributed by atoms with Crippen LogP contribution in [0, 0.1) is 0 Å². The normalized spacial score (nSPS) is 12.6. The number of nitrogens with two attached hydrogens (primary N) is 1. The Bertz CT molecular complexity index is 1100. The minimum atomic E-state index is -5.28. The Hall–Kier alpha value is -3.57. The lowest BCUT2D eigenvalue weighted by molar-refractivity contribution is -0.276. The molecule has 0 aliphatic carbocycles. The molecule has 2 aromatic heterocycles. The zero-order chi connectivity index (χ0) is 21.4. The molecule has 3 N–H and O–H groups in total. The van der Waals surface area contributed by atoms with Gasteiger partial charge in [-0.15, -0.1) is 13.2 Å². The van der Waals surface area contributed by atoms with Crippen molar-refractivity contribution in [3.05, 3.63) is 47.8 Å². The van der Waals surface area contributed by atoms with E-state index in [0.717, 1.165) is 18.3 Å². The smallest absolute Gasteiger partial charge is 0.405 e. The summed E-state index contributed by atoms with van der Waals surface area (Å²) < 4.78 is 80.3. The third-order valence-corrected chi connectivity index (χ3v) is 3.64. The standard InChI is InChI=1S/C17H10F6N4O2/c18-16(19,20)10-5-8(1-3-12(10)29-17(21,22)23)11-7-26-15-14(27-11)9(6-25-15)2-4-13(24)28/h1-7H,(H2,24,28)(H,25,26)/b4-2+. The predicted octanol–water partition coefficient (Wildman–Crippen LogP) is 4.04. The number of primary amides is 1. The predicted molar refractivity (Wildman–Crippen MR) is 89.2 cm³/mol. The van der Waals surface area contributed by atoms with E-state index in [1.165, 1.54) is 12.3 Å². The third kappa shape index (κ3) is 4.65. The molecule has 1 amide bonds. The fraction of sp³-hybridized carbons (Fsp3) is 0.118. The summed E-state index contributed by atoms with van der Waals surface area (Å²) in [5.41, 5.74) is 4.14. The molecule has 0 bridgehead atoms. The van der Waals surface area contributed by atoms with Crippen LogP contribution in [0.2, 0.25) is 0 Å². The van der Waals surface area contributed by atoms with Gasteiger partial charge in [-0.1, -0.05) is 0 Å². The molecule has 0 atom stereocenters. The Labute approximate surface area is 158 Å². The maximum atomic E-state index is 13.2. The van der Waals surface area contributed by atoms with Crippen LogP contribution in [-0.2, 0) is 11.0 Å². The number of amides is 1. The lowest BCUT2D eigenvalue weighted by Gasteiger charge is -2.16. The molecule has 0 saturated carbocycles. The van der Waals surface area contributed by atoms with Gasteiger partial charge in [-0.25, -0.2) is 9.97 Å². The van der Waals surface area contributed by atoms with E-state index in [1.54, 1.807) is 0 Å². The van der Waals surface area contributed by atoms with E-state index in [4.69, 9.17) is 5.73 Å². The highest BCUT2D eigenvalue weighted by Gasteiger charge is 2.39. The van der Waals surface area contributed by atoms with Crippen molar-refractivity contribution in [1.82, 2.24) is 15.0 Å². The molecule has 0 saturated heterocycles. The van der Waals surface area contributed by atoms with Crippen molar-refractivity contribution in [2.45, 2.75) is 12.5 Å². The van der Waals surface area contributed by atoms with E-state index in [9.17, 15) is 31.1 Å². The molecule has 2 heterocycles. The first-order chi connectivity index (χ1) is 13.4. The molecule has 6 nitrogen and oxygen atoms in total. The second kappa shape index (κ2) is 7.11. The first-order valence-electron chi connectivity index (χ1n) is 7.73. The number of aromatic nitrogens is 3. The van der Waals surface area contributed by atoms with Crippen molar-refractivity contribution >= 4 is 23.1 Å². The molecule has 0 radical (unpaired) electrons. The number of aromatic amines is 1. The Kier molecular flexibility index (Phi) is 4.95. The van der Waals surface area contributed by atoms with Crippen molar-refractivity contribution < 1.29 is 35.9 Å². The number of ether oxygens (including phenoxy) is 1. The third-order valence-electron chi connectivity index (χ3n) is 3.64. The maximum Gasteiger partial charge on any atom is 0.573 e. The number of alkyl halides is 6. The quantitative estimate of drug-likeness (QED) is 0.496. The van der Waals surface area contributed by atoms with Crippen LogP contribution in [0.3, 0.4) is 0 Å². The van der Waals surface area contributed by atoms with Gasteiger partial charge in [0, 0.05) is 23.4 Å². The van der Waals surface area contributed by atoms with Gasteiger partial charge in [0.25, 0.3) is 0 Å². The number of hydrogen-bond donors (Lipinski definition) is 2. The molecule has 0 aliphatic rings. The summed E-state index contributed by atoms with van der Waals surface area (Å²) >= 11 is 0. The largest absolute Gasteiger partial charge is 0.573 e. The van der Waals surface area contributed by atoms with E-state index >= 15 is 0 Å². The molecule has 152 valence electrons. The van der Waals surface area contributed by atoms with Gasteiger partial charge in [-0.3, -0.25) is 4.79 Å². The molecule has 3 aromatic rings. The van der Waals surface area contributed by atoms with Crippen LogP contribution in [0.4, 0.5) is 26.3 Å². The molecule has 12 heteroatoms. The number of carbonyl (C=O) groups excluding carboxylic acids is 1. The van der Waals surface area contributed by atoms with Crippen LogP contribution in [-0.4, -0.2) is 27.2 Å². The molecule has 0 unspecified atom stereocenters. The second-order valence-electron chi connectivity index (χ2n) is 5.69. The molecule has 0 spiro atoms. The van der Waals surface area contributed by atoms with Gasteiger partial charge in [0.2, 0.25) is 5.91 Å². The van der Waals surface area contributed by atoms with Gasteiger partial charge >= 0.3 is 12.5 Å². The molecule has 3 rings (SSSR count). The zero-order valence-electron chi connectivity index (χ0n) is 14.1. The lowest BCUT2D eigenvalue weighted by atomic mass is 10.1. The van der Waals surface area contributed by atoms with E-state index in [1.807, 2.05) is 0 Å². The summed E-state index contributed by atoms with van der Waals surface area (Å²) in [6.45, 7) is 0. The fourth-order valence-electron chi connectivity index (χ4n) is 2.47. The average molecular weight is 416 g/mol. The molecule has 29 heavy (non-hydrogen) atoms. The number of hydrogen-bond acceptors (Lipinski definition) is 4. The van der Waals surface area contributed by atoms with Gasteiger partial charge in [0.05, 0.1) is 17.5 Å². The maximum absolute atomic E-state index is 13.2. The van der Waals surface area contributed by atoms with Gasteiger partial charge in [0.1, 0.15) is 11.3 Å². The number of H-pyrrole nitrogens is 1. The SMILES string of the molecule is NC(=O)/C=C/c1c[nH]c2ncc(-c3ccc(OC(F)(F)F)c(C(F)(F)F)c3)nc12. The Balaban J connectivity index is 2.09. The topological polar surface area (TPSA) is 93.9 Å². The Morgan fingerprint density at radius 1 is 1.17 bits per heavy atom. The molecular formula is C17H10F6N4O2. The first-order valence-corrected chi connectivity index (χ1v) is 7.73. The number of fused-ring (bicyclic) bond motifs is 1. The number of carbonyl (C=O) groups is 1. The van der Waals surface area contributed by atoms with Gasteiger partial charge in [-0.2, -0.15) is 13.2 Å². The molecule has 0 fully saturated rings. The van der Waals surface area contributed by atoms with Crippen LogP contribution >= 0.6 is 0 Å². The van der Waals surface area contributed by atoms with Crippen molar-refractivity contribution in [2.75, 3.05) is 0 Å². The Morgan fingerprint density at radius 2 is 1.90 bits per heavy atom. The zero-order valence-corrected chi connectivity index (χ0v) is 14.1. The van der Waals surface area contributed by atoms with Gasteiger partial charge in [0.15, 0.2) is 5.65 Å². The van der Waals surface area contributed by atoms with E-state index in [-0.39, 0.29) is 22.4 Å². The monoisotopic (exact) mass is 416 g/mol. The number of halogens is 6. The van der Waals surface area contributed by atoms with Crippen molar-refractivity contribution in [3.63, 3.8) is 0 Å². The fourth-order valence-corrected chi connectivity index (χ4v) is 2.47. The minimum Gasteiger partial charge on any atom is -0.405 e. The second-order valence-corrected chi connectivity index (χ2v) is 5.69. The minimum absolute atomic E-state index is 0.0325. The first kappa shape index (κ1) is 20.2. The highest BCUT2D eigenvalue weighted by molar-refractivity contribution is 5.93. The number of nitrogens with zero attached hydrogens (tertiary/aromatic N) is 2. The number of benzene rings is 1. The summed E-state index contributed by atoms with van der Waals surface area (Å²) in [5.74, 6) is -2.10. The van der Waals surface area contributed by atoms with E-state index in [0.29, 0.717) is 17.7 Å². The highest BCUT2D eigenvalue weighted by Crippen LogP contribution is 2.40. The van der Waals surface area contributed by atoms with E-state index in [2.05, 4.69) is 19.7 Å².